The minimum absolute atomic E-state index is 0.182. The fraction of sp³-hybridized carbons (Fsp3) is 0.409. The average Bonchev–Trinajstić information content (AvgIpc) is 3.35. The topological polar surface area (TPSA) is 77.0 Å². The number of aryl methyl sites for hydroxylation is 2. The molecule has 0 spiro atoms. The number of rotatable bonds is 3. The van der Waals surface area contributed by atoms with Gasteiger partial charge in [-0.25, -0.2) is 15.0 Å². The Morgan fingerprint density at radius 1 is 1.00 bits per heavy atom. The van der Waals surface area contributed by atoms with Crippen molar-refractivity contribution in [3.05, 3.63) is 54.0 Å². The second-order valence-corrected chi connectivity index (χ2v) is 8.59. The maximum atomic E-state index is 13.2. The molecule has 0 bridgehead atoms. The smallest absolute Gasteiger partial charge is 0.338 e. The van der Waals surface area contributed by atoms with Crippen molar-refractivity contribution < 1.29 is 13.2 Å². The minimum Gasteiger partial charge on any atom is -0.338 e. The number of nitrogens with zero attached hydrogens (tertiary/aromatic N) is 8. The Morgan fingerprint density at radius 3 is 2.48 bits per heavy atom. The summed E-state index contributed by atoms with van der Waals surface area (Å²) in [6.45, 7) is 7.55. The maximum absolute atomic E-state index is 13.2. The van der Waals surface area contributed by atoms with Gasteiger partial charge in [0.25, 0.3) is 0 Å². The molecular weight excluding hydrogens is 433 g/mol. The largest absolute Gasteiger partial charge is 0.417 e. The number of pyridine rings is 1. The van der Waals surface area contributed by atoms with Gasteiger partial charge in [0.1, 0.15) is 17.3 Å². The molecule has 0 aromatic carbocycles. The molecule has 4 aromatic heterocycles. The molecule has 0 amide bonds. The molecule has 5 heterocycles. The van der Waals surface area contributed by atoms with E-state index in [4.69, 9.17) is 4.98 Å². The highest BCUT2D eigenvalue weighted by Gasteiger charge is 2.32. The van der Waals surface area contributed by atoms with Gasteiger partial charge in [0, 0.05) is 25.5 Å². The summed E-state index contributed by atoms with van der Waals surface area (Å²) in [6.07, 6.45) is 0.769. The summed E-state index contributed by atoms with van der Waals surface area (Å²) in [5.41, 5.74) is 0.671. The van der Waals surface area contributed by atoms with Crippen molar-refractivity contribution in [2.75, 3.05) is 18.0 Å². The van der Waals surface area contributed by atoms with E-state index < -0.39 is 11.7 Å². The third-order valence-corrected chi connectivity index (χ3v) is 6.06. The van der Waals surface area contributed by atoms with Gasteiger partial charge in [-0.05, 0) is 44.4 Å². The van der Waals surface area contributed by atoms with E-state index in [0.717, 1.165) is 36.9 Å². The molecule has 1 fully saturated rings. The van der Waals surface area contributed by atoms with Crippen LogP contribution >= 0.6 is 0 Å². The van der Waals surface area contributed by atoms with E-state index in [1.165, 1.54) is 16.7 Å². The van der Waals surface area contributed by atoms with E-state index in [-0.39, 0.29) is 6.04 Å². The van der Waals surface area contributed by atoms with Crippen molar-refractivity contribution in [1.82, 2.24) is 34.1 Å². The van der Waals surface area contributed by atoms with Crippen molar-refractivity contribution in [1.29, 1.82) is 0 Å². The molecule has 1 saturated heterocycles. The van der Waals surface area contributed by atoms with Crippen LogP contribution in [0.3, 0.4) is 0 Å². The zero-order valence-electron chi connectivity index (χ0n) is 18.5. The standard InChI is InChI=1S/C22H23F3N8/c1-13-8-17(33-14(2)29-30-15(33)3)12-31(10-13)21-26-7-6-18(28-21)19-9-27-20-5-4-16(11-32(19)20)22(23,24)25/h4-7,9,11,13,17H,8,10,12H2,1-3H3/t13-,17-/m1/s1. The van der Waals surface area contributed by atoms with Gasteiger partial charge >= 0.3 is 6.18 Å². The molecule has 0 radical (unpaired) electrons. The van der Waals surface area contributed by atoms with Crippen molar-refractivity contribution >= 4 is 11.6 Å². The third kappa shape index (κ3) is 3.91. The first-order valence-corrected chi connectivity index (χ1v) is 10.7. The number of imidazole rings is 1. The predicted molar refractivity (Wildman–Crippen MR) is 116 cm³/mol. The lowest BCUT2D eigenvalue weighted by atomic mass is 9.95. The van der Waals surface area contributed by atoms with E-state index >= 15 is 0 Å². The number of fused-ring (bicyclic) bond motifs is 1. The van der Waals surface area contributed by atoms with Gasteiger partial charge in [-0.15, -0.1) is 10.2 Å². The van der Waals surface area contributed by atoms with Crippen molar-refractivity contribution in [2.45, 2.75) is 39.4 Å². The molecule has 1 aliphatic heterocycles. The zero-order chi connectivity index (χ0) is 23.3. The van der Waals surface area contributed by atoms with Gasteiger partial charge in [0.15, 0.2) is 0 Å². The molecule has 8 nitrogen and oxygen atoms in total. The Hall–Kier alpha value is -3.50. The molecule has 11 heteroatoms. The van der Waals surface area contributed by atoms with Crippen LogP contribution in [-0.2, 0) is 6.18 Å². The van der Waals surface area contributed by atoms with Crippen LogP contribution in [0, 0.1) is 19.8 Å². The number of anilines is 1. The van der Waals surface area contributed by atoms with Crippen molar-refractivity contribution in [2.24, 2.45) is 5.92 Å². The monoisotopic (exact) mass is 456 g/mol. The fourth-order valence-electron chi connectivity index (χ4n) is 4.65. The molecule has 5 rings (SSSR count). The Kier molecular flexibility index (Phi) is 5.06. The molecule has 0 N–H and O–H groups in total. The maximum Gasteiger partial charge on any atom is 0.417 e. The lowest BCUT2D eigenvalue weighted by Crippen LogP contribution is -2.42. The molecule has 1 aliphatic rings. The molecule has 0 unspecified atom stereocenters. The number of alkyl halides is 3. The van der Waals surface area contributed by atoms with E-state index in [1.807, 2.05) is 13.8 Å². The highest BCUT2D eigenvalue weighted by atomic mass is 19.4. The van der Waals surface area contributed by atoms with Crippen LogP contribution in [-0.4, -0.2) is 47.2 Å². The number of piperidine rings is 1. The van der Waals surface area contributed by atoms with Gasteiger partial charge in [-0.3, -0.25) is 4.40 Å². The lowest BCUT2D eigenvalue weighted by molar-refractivity contribution is -0.137. The van der Waals surface area contributed by atoms with Gasteiger partial charge in [-0.1, -0.05) is 6.92 Å². The Morgan fingerprint density at radius 2 is 1.76 bits per heavy atom. The second-order valence-electron chi connectivity index (χ2n) is 8.59. The minimum atomic E-state index is -4.44. The quantitative estimate of drug-likeness (QED) is 0.462. The molecule has 0 aliphatic carbocycles. The summed E-state index contributed by atoms with van der Waals surface area (Å²) in [5.74, 6) is 2.66. The van der Waals surface area contributed by atoms with Gasteiger partial charge in [0.2, 0.25) is 5.95 Å². The van der Waals surface area contributed by atoms with Gasteiger partial charge in [-0.2, -0.15) is 13.2 Å². The summed E-state index contributed by atoms with van der Waals surface area (Å²) in [6, 6.07) is 4.25. The van der Waals surface area contributed by atoms with E-state index in [1.54, 1.807) is 12.3 Å². The van der Waals surface area contributed by atoms with E-state index in [2.05, 4.69) is 36.6 Å². The van der Waals surface area contributed by atoms with Crippen LogP contribution in [0.4, 0.5) is 19.1 Å². The van der Waals surface area contributed by atoms with Crippen LogP contribution in [0.2, 0.25) is 0 Å². The Balaban J connectivity index is 1.50. The molecule has 2 atom stereocenters. The van der Waals surface area contributed by atoms with Crippen molar-refractivity contribution in [3.8, 4) is 11.4 Å². The SMILES string of the molecule is Cc1nnc(C)n1[C@@H]1C[C@@H](C)CN(c2nccc(-c3cnc4ccc(C(F)(F)F)cn34)n2)C1. The Labute approximate surface area is 188 Å². The highest BCUT2D eigenvalue weighted by molar-refractivity contribution is 5.61. The fourth-order valence-corrected chi connectivity index (χ4v) is 4.65. The van der Waals surface area contributed by atoms with Gasteiger partial charge in [0.05, 0.1) is 29.2 Å². The van der Waals surface area contributed by atoms with E-state index in [9.17, 15) is 13.2 Å². The van der Waals surface area contributed by atoms with Crippen LogP contribution < -0.4 is 4.90 Å². The summed E-state index contributed by atoms with van der Waals surface area (Å²) < 4.78 is 43.3. The molecule has 4 aromatic rings. The normalized spacial score (nSPS) is 19.4. The van der Waals surface area contributed by atoms with Gasteiger partial charge < -0.3 is 9.47 Å². The number of halogens is 3. The van der Waals surface area contributed by atoms with Crippen LogP contribution in [0.1, 0.15) is 36.6 Å². The van der Waals surface area contributed by atoms with E-state index in [0.29, 0.717) is 35.4 Å². The molecule has 0 saturated carbocycles. The third-order valence-electron chi connectivity index (χ3n) is 6.06. The summed E-state index contributed by atoms with van der Waals surface area (Å²) >= 11 is 0. The highest BCUT2D eigenvalue weighted by Crippen LogP contribution is 2.32. The first-order valence-electron chi connectivity index (χ1n) is 10.7. The first kappa shape index (κ1) is 21.4. The Bertz CT molecular complexity index is 1290. The molecule has 33 heavy (non-hydrogen) atoms. The second kappa shape index (κ2) is 7.82. The predicted octanol–water partition coefficient (Wildman–Crippen LogP) is 4.11. The number of hydrogen-bond donors (Lipinski definition) is 0. The van der Waals surface area contributed by atoms with Crippen LogP contribution in [0.15, 0.2) is 36.8 Å². The number of hydrogen-bond acceptors (Lipinski definition) is 6. The zero-order valence-corrected chi connectivity index (χ0v) is 18.5. The molecule has 172 valence electrons. The lowest BCUT2D eigenvalue weighted by Gasteiger charge is -2.37. The molecular formula is C22H23F3N8. The number of aromatic nitrogens is 7. The van der Waals surface area contributed by atoms with Crippen LogP contribution in [0.5, 0.6) is 0 Å². The first-order chi connectivity index (χ1) is 15.7. The summed E-state index contributed by atoms with van der Waals surface area (Å²) in [4.78, 5) is 15.5. The summed E-state index contributed by atoms with van der Waals surface area (Å²) in [5, 5.41) is 8.38. The average molecular weight is 456 g/mol. The summed E-state index contributed by atoms with van der Waals surface area (Å²) in [7, 11) is 0. The van der Waals surface area contributed by atoms with Crippen LogP contribution in [0.25, 0.3) is 17.0 Å². The van der Waals surface area contributed by atoms with Crippen molar-refractivity contribution in [3.63, 3.8) is 0 Å².